The highest BCUT2D eigenvalue weighted by Gasteiger charge is 2.19. The van der Waals surface area contributed by atoms with Gasteiger partial charge in [0.25, 0.3) is 0 Å². The SMILES string of the molecule is COc1cc(C(=O)c2cc(-c3ccc(C)cc3)c[nH]2)cc(OC)c1OC. The molecule has 1 heterocycles. The van der Waals surface area contributed by atoms with Gasteiger partial charge in [-0.2, -0.15) is 0 Å². The fourth-order valence-electron chi connectivity index (χ4n) is 2.81. The van der Waals surface area contributed by atoms with Gasteiger partial charge in [0.2, 0.25) is 11.5 Å². The summed E-state index contributed by atoms with van der Waals surface area (Å²) in [5.41, 5.74) is 4.15. The molecular formula is C21H21NO4. The molecule has 0 aliphatic rings. The van der Waals surface area contributed by atoms with Crippen LogP contribution in [-0.2, 0) is 0 Å². The topological polar surface area (TPSA) is 60.6 Å². The molecule has 0 saturated carbocycles. The monoisotopic (exact) mass is 351 g/mol. The van der Waals surface area contributed by atoms with E-state index in [-0.39, 0.29) is 5.78 Å². The number of aromatic nitrogens is 1. The van der Waals surface area contributed by atoms with Gasteiger partial charge in [0.05, 0.1) is 27.0 Å². The lowest BCUT2D eigenvalue weighted by atomic mass is 10.0. The van der Waals surface area contributed by atoms with E-state index in [1.807, 2.05) is 43.5 Å². The van der Waals surface area contributed by atoms with Crippen LogP contribution in [0, 0.1) is 6.92 Å². The molecule has 3 aromatic rings. The number of hydrogen-bond donors (Lipinski definition) is 1. The number of ketones is 1. The number of nitrogens with one attached hydrogen (secondary N) is 1. The molecule has 134 valence electrons. The predicted molar refractivity (Wildman–Crippen MR) is 100 cm³/mol. The van der Waals surface area contributed by atoms with Crippen LogP contribution in [0.15, 0.2) is 48.7 Å². The third kappa shape index (κ3) is 3.28. The highest BCUT2D eigenvalue weighted by Crippen LogP contribution is 2.38. The van der Waals surface area contributed by atoms with E-state index in [1.54, 1.807) is 12.1 Å². The summed E-state index contributed by atoms with van der Waals surface area (Å²) in [6.07, 6.45) is 1.83. The molecule has 2 aromatic carbocycles. The van der Waals surface area contributed by atoms with Crippen LogP contribution < -0.4 is 14.2 Å². The van der Waals surface area contributed by atoms with E-state index in [2.05, 4.69) is 4.98 Å². The van der Waals surface area contributed by atoms with E-state index in [0.29, 0.717) is 28.5 Å². The van der Waals surface area contributed by atoms with Crippen molar-refractivity contribution in [3.63, 3.8) is 0 Å². The Labute approximate surface area is 152 Å². The summed E-state index contributed by atoms with van der Waals surface area (Å²) in [7, 11) is 4.58. The molecule has 3 rings (SSSR count). The van der Waals surface area contributed by atoms with E-state index in [4.69, 9.17) is 14.2 Å². The largest absolute Gasteiger partial charge is 0.493 e. The summed E-state index contributed by atoms with van der Waals surface area (Å²) in [6, 6.07) is 13.3. The van der Waals surface area contributed by atoms with Gasteiger partial charge in [0, 0.05) is 11.8 Å². The summed E-state index contributed by atoms with van der Waals surface area (Å²) in [5.74, 6) is 1.20. The van der Waals surface area contributed by atoms with E-state index in [0.717, 1.165) is 11.1 Å². The Morgan fingerprint density at radius 2 is 1.46 bits per heavy atom. The first-order chi connectivity index (χ1) is 12.6. The Kier molecular flexibility index (Phi) is 4.98. The molecule has 0 aliphatic heterocycles. The Hall–Kier alpha value is -3.21. The first-order valence-corrected chi connectivity index (χ1v) is 8.17. The van der Waals surface area contributed by atoms with E-state index < -0.39 is 0 Å². The third-order valence-electron chi connectivity index (χ3n) is 4.24. The Morgan fingerprint density at radius 3 is 2.00 bits per heavy atom. The zero-order chi connectivity index (χ0) is 18.7. The lowest BCUT2D eigenvalue weighted by molar-refractivity contribution is 0.103. The average molecular weight is 351 g/mol. The summed E-state index contributed by atoms with van der Waals surface area (Å²) in [6.45, 7) is 2.04. The first kappa shape index (κ1) is 17.6. The normalized spacial score (nSPS) is 10.5. The minimum absolute atomic E-state index is 0.150. The number of carbonyl (C=O) groups is 1. The number of H-pyrrole nitrogens is 1. The Morgan fingerprint density at radius 1 is 0.846 bits per heavy atom. The van der Waals surface area contributed by atoms with E-state index in [9.17, 15) is 4.79 Å². The van der Waals surface area contributed by atoms with Crippen molar-refractivity contribution >= 4 is 5.78 Å². The van der Waals surface area contributed by atoms with Crippen LogP contribution in [-0.4, -0.2) is 32.1 Å². The number of carbonyl (C=O) groups excluding carboxylic acids is 1. The van der Waals surface area contributed by atoms with Crippen molar-refractivity contribution < 1.29 is 19.0 Å². The smallest absolute Gasteiger partial charge is 0.209 e. The van der Waals surface area contributed by atoms with Gasteiger partial charge in [-0.3, -0.25) is 4.79 Å². The first-order valence-electron chi connectivity index (χ1n) is 8.17. The molecule has 1 N–H and O–H groups in total. The maximum atomic E-state index is 12.9. The van der Waals surface area contributed by atoms with Gasteiger partial charge in [0.1, 0.15) is 0 Å². The number of benzene rings is 2. The zero-order valence-electron chi connectivity index (χ0n) is 15.3. The molecule has 0 atom stereocenters. The highest BCUT2D eigenvalue weighted by molar-refractivity contribution is 6.09. The van der Waals surface area contributed by atoms with Crippen LogP contribution in [0.25, 0.3) is 11.1 Å². The second-order valence-corrected chi connectivity index (χ2v) is 5.91. The quantitative estimate of drug-likeness (QED) is 0.675. The number of methoxy groups -OCH3 is 3. The molecule has 0 aliphatic carbocycles. The summed E-state index contributed by atoms with van der Waals surface area (Å²) >= 11 is 0. The molecule has 0 saturated heterocycles. The molecular weight excluding hydrogens is 330 g/mol. The van der Waals surface area contributed by atoms with Crippen LogP contribution in [0.2, 0.25) is 0 Å². The molecule has 5 nitrogen and oxygen atoms in total. The summed E-state index contributed by atoms with van der Waals surface area (Å²) < 4.78 is 15.9. The minimum atomic E-state index is -0.150. The summed E-state index contributed by atoms with van der Waals surface area (Å²) in [4.78, 5) is 16.0. The number of aromatic amines is 1. The van der Waals surface area contributed by atoms with Crippen molar-refractivity contribution in [3.05, 3.63) is 65.5 Å². The Balaban J connectivity index is 1.96. The number of aryl methyl sites for hydroxylation is 1. The lowest BCUT2D eigenvalue weighted by Crippen LogP contribution is -2.04. The van der Waals surface area contributed by atoms with Crippen molar-refractivity contribution in [3.8, 4) is 28.4 Å². The van der Waals surface area contributed by atoms with E-state index in [1.165, 1.54) is 26.9 Å². The van der Waals surface area contributed by atoms with Crippen LogP contribution in [0.1, 0.15) is 21.6 Å². The van der Waals surface area contributed by atoms with Crippen LogP contribution in [0.5, 0.6) is 17.2 Å². The maximum Gasteiger partial charge on any atom is 0.209 e. The zero-order valence-corrected chi connectivity index (χ0v) is 15.3. The average Bonchev–Trinajstić information content (AvgIpc) is 3.16. The molecule has 5 heteroatoms. The molecule has 0 unspecified atom stereocenters. The second kappa shape index (κ2) is 7.35. The van der Waals surface area contributed by atoms with Crippen molar-refractivity contribution in [1.29, 1.82) is 0 Å². The minimum Gasteiger partial charge on any atom is -0.493 e. The number of rotatable bonds is 6. The maximum absolute atomic E-state index is 12.9. The number of ether oxygens (including phenoxy) is 3. The van der Waals surface area contributed by atoms with Crippen LogP contribution >= 0.6 is 0 Å². The van der Waals surface area contributed by atoms with Gasteiger partial charge in [-0.1, -0.05) is 29.8 Å². The molecule has 0 fully saturated rings. The van der Waals surface area contributed by atoms with Gasteiger partial charge < -0.3 is 19.2 Å². The van der Waals surface area contributed by atoms with Gasteiger partial charge >= 0.3 is 0 Å². The fraction of sp³-hybridized carbons (Fsp3) is 0.190. The van der Waals surface area contributed by atoms with Gasteiger partial charge in [-0.25, -0.2) is 0 Å². The van der Waals surface area contributed by atoms with Crippen molar-refractivity contribution in [2.45, 2.75) is 6.92 Å². The standard InChI is InChI=1S/C21H21NO4/c1-13-5-7-14(8-6-13)16-9-17(22-12-16)20(23)15-10-18(24-2)21(26-4)19(11-15)25-3/h5-12,22H,1-4H3. The molecule has 0 bridgehead atoms. The lowest BCUT2D eigenvalue weighted by Gasteiger charge is -2.13. The molecule has 0 amide bonds. The molecule has 0 radical (unpaired) electrons. The van der Waals surface area contributed by atoms with Crippen LogP contribution in [0.4, 0.5) is 0 Å². The van der Waals surface area contributed by atoms with Crippen molar-refractivity contribution in [2.24, 2.45) is 0 Å². The van der Waals surface area contributed by atoms with E-state index >= 15 is 0 Å². The number of hydrogen-bond acceptors (Lipinski definition) is 4. The Bertz CT molecular complexity index is 900. The molecule has 26 heavy (non-hydrogen) atoms. The van der Waals surface area contributed by atoms with Gasteiger partial charge in [-0.15, -0.1) is 0 Å². The van der Waals surface area contributed by atoms with Gasteiger partial charge in [-0.05, 0) is 36.2 Å². The second-order valence-electron chi connectivity index (χ2n) is 5.91. The van der Waals surface area contributed by atoms with Crippen molar-refractivity contribution in [1.82, 2.24) is 4.98 Å². The fourth-order valence-corrected chi connectivity index (χ4v) is 2.81. The predicted octanol–water partition coefficient (Wildman–Crippen LogP) is 4.25. The summed E-state index contributed by atoms with van der Waals surface area (Å²) in [5, 5.41) is 0. The van der Waals surface area contributed by atoms with Crippen LogP contribution in [0.3, 0.4) is 0 Å². The van der Waals surface area contributed by atoms with Crippen molar-refractivity contribution in [2.75, 3.05) is 21.3 Å². The molecule has 1 aromatic heterocycles. The highest BCUT2D eigenvalue weighted by atomic mass is 16.5. The third-order valence-corrected chi connectivity index (χ3v) is 4.24. The van der Waals surface area contributed by atoms with Gasteiger partial charge in [0.15, 0.2) is 11.5 Å². The molecule has 0 spiro atoms.